The normalized spacial score (nSPS) is 20.9. The molecule has 1 fully saturated rings. The SMILES string of the molecule is CCN1CCC[C@@H](CN(C)C(=O)c2ccncc2Cl)[C@@H]1c1cnn(C)c1. The number of carbonyl (C=O) groups is 1. The minimum atomic E-state index is -0.0593. The predicted molar refractivity (Wildman–Crippen MR) is 102 cm³/mol. The Morgan fingerprint density at radius 3 is 2.88 bits per heavy atom. The number of hydrogen-bond acceptors (Lipinski definition) is 4. The van der Waals surface area contributed by atoms with E-state index in [1.54, 1.807) is 17.2 Å². The second-order valence-corrected chi connectivity index (χ2v) is 7.37. The number of pyridine rings is 1. The average Bonchev–Trinajstić information content (AvgIpc) is 3.07. The third kappa shape index (κ3) is 3.91. The molecular weight excluding hydrogens is 350 g/mol. The highest BCUT2D eigenvalue weighted by molar-refractivity contribution is 6.33. The van der Waals surface area contributed by atoms with Crippen LogP contribution in [0, 0.1) is 5.92 Å². The first kappa shape index (κ1) is 18.9. The third-order valence-electron chi connectivity index (χ3n) is 5.19. The summed E-state index contributed by atoms with van der Waals surface area (Å²) in [5, 5.41) is 4.75. The molecule has 0 spiro atoms. The van der Waals surface area contributed by atoms with Crippen molar-refractivity contribution >= 4 is 17.5 Å². The summed E-state index contributed by atoms with van der Waals surface area (Å²) in [6.07, 6.45) is 9.40. The summed E-state index contributed by atoms with van der Waals surface area (Å²) < 4.78 is 1.85. The highest BCUT2D eigenvalue weighted by atomic mass is 35.5. The highest BCUT2D eigenvalue weighted by Crippen LogP contribution is 2.36. The first-order valence-electron chi connectivity index (χ1n) is 9.08. The zero-order chi connectivity index (χ0) is 18.7. The zero-order valence-electron chi connectivity index (χ0n) is 15.6. The fourth-order valence-corrected chi connectivity index (χ4v) is 4.16. The molecule has 1 saturated heterocycles. The molecule has 0 aromatic carbocycles. The Kier molecular flexibility index (Phi) is 5.94. The van der Waals surface area contributed by atoms with Crippen LogP contribution < -0.4 is 0 Å². The van der Waals surface area contributed by atoms with E-state index in [0.29, 0.717) is 23.0 Å². The van der Waals surface area contributed by atoms with Crippen molar-refractivity contribution in [3.63, 3.8) is 0 Å². The molecule has 2 atom stereocenters. The molecule has 1 aliphatic rings. The standard InChI is InChI=1S/C19H26ClN5O/c1-4-25-9-5-6-14(18(25)15-10-22-24(3)13-15)12-23(2)19(26)16-7-8-21-11-17(16)20/h7-8,10-11,13-14,18H,4-6,9,12H2,1-3H3/t14-,18+/m0/s1. The first-order chi connectivity index (χ1) is 12.5. The van der Waals surface area contributed by atoms with Crippen molar-refractivity contribution in [1.29, 1.82) is 0 Å². The lowest BCUT2D eigenvalue weighted by molar-refractivity contribution is 0.0589. The Bertz CT molecular complexity index is 762. The summed E-state index contributed by atoms with van der Waals surface area (Å²) in [5.41, 5.74) is 1.73. The molecule has 0 bridgehead atoms. The number of hydrogen-bond donors (Lipinski definition) is 0. The Balaban J connectivity index is 1.79. The van der Waals surface area contributed by atoms with E-state index < -0.39 is 0 Å². The van der Waals surface area contributed by atoms with Crippen LogP contribution in [-0.2, 0) is 7.05 Å². The molecule has 0 aliphatic carbocycles. The molecule has 6 nitrogen and oxygen atoms in total. The van der Waals surface area contributed by atoms with Crippen LogP contribution in [0.4, 0.5) is 0 Å². The van der Waals surface area contributed by atoms with Crippen LogP contribution in [0.25, 0.3) is 0 Å². The number of aryl methyl sites for hydroxylation is 1. The van der Waals surface area contributed by atoms with E-state index in [1.807, 2.05) is 25.0 Å². The number of nitrogens with zero attached hydrogens (tertiary/aromatic N) is 5. The van der Waals surface area contributed by atoms with Crippen LogP contribution in [-0.4, -0.2) is 57.2 Å². The van der Waals surface area contributed by atoms with Gasteiger partial charge in [-0.05, 0) is 37.9 Å². The number of halogens is 1. The van der Waals surface area contributed by atoms with Crippen molar-refractivity contribution < 1.29 is 4.79 Å². The maximum absolute atomic E-state index is 12.8. The minimum absolute atomic E-state index is 0.0593. The molecule has 0 unspecified atom stereocenters. The van der Waals surface area contributed by atoms with E-state index in [0.717, 1.165) is 25.9 Å². The number of likely N-dealkylation sites (tertiary alicyclic amines) is 1. The second kappa shape index (κ2) is 8.18. The monoisotopic (exact) mass is 375 g/mol. The van der Waals surface area contributed by atoms with Gasteiger partial charge in [-0.25, -0.2) is 0 Å². The number of rotatable bonds is 5. The molecule has 3 rings (SSSR count). The van der Waals surface area contributed by atoms with Gasteiger partial charge in [0.15, 0.2) is 0 Å². The van der Waals surface area contributed by atoms with Crippen LogP contribution >= 0.6 is 11.6 Å². The van der Waals surface area contributed by atoms with Crippen molar-refractivity contribution in [3.8, 4) is 0 Å². The lowest BCUT2D eigenvalue weighted by atomic mass is 9.85. The van der Waals surface area contributed by atoms with Gasteiger partial charge in [0.25, 0.3) is 5.91 Å². The molecule has 140 valence electrons. The van der Waals surface area contributed by atoms with Crippen molar-refractivity contribution in [2.75, 3.05) is 26.7 Å². The summed E-state index contributed by atoms with van der Waals surface area (Å²) in [7, 11) is 3.79. The second-order valence-electron chi connectivity index (χ2n) is 6.96. The van der Waals surface area contributed by atoms with Gasteiger partial charge in [-0.15, -0.1) is 0 Å². The summed E-state index contributed by atoms with van der Waals surface area (Å²) in [5.74, 6) is 0.304. The van der Waals surface area contributed by atoms with Crippen LogP contribution in [0.15, 0.2) is 30.9 Å². The van der Waals surface area contributed by atoms with Crippen LogP contribution in [0.2, 0.25) is 5.02 Å². The molecule has 3 heterocycles. The molecule has 0 radical (unpaired) electrons. The van der Waals surface area contributed by atoms with Gasteiger partial charge < -0.3 is 4.90 Å². The van der Waals surface area contributed by atoms with E-state index in [-0.39, 0.29) is 11.9 Å². The fraction of sp³-hybridized carbons (Fsp3) is 0.526. The molecule has 2 aromatic rings. The quantitative estimate of drug-likeness (QED) is 0.806. The van der Waals surface area contributed by atoms with E-state index >= 15 is 0 Å². The van der Waals surface area contributed by atoms with Gasteiger partial charge in [0.2, 0.25) is 0 Å². The van der Waals surface area contributed by atoms with E-state index in [2.05, 4.69) is 28.1 Å². The number of piperidine rings is 1. The minimum Gasteiger partial charge on any atom is -0.341 e. The third-order valence-corrected chi connectivity index (χ3v) is 5.49. The van der Waals surface area contributed by atoms with E-state index in [1.165, 1.54) is 11.8 Å². The number of amides is 1. The van der Waals surface area contributed by atoms with Gasteiger partial charge >= 0.3 is 0 Å². The van der Waals surface area contributed by atoms with E-state index in [4.69, 9.17) is 11.6 Å². The van der Waals surface area contributed by atoms with Crippen molar-refractivity contribution in [2.24, 2.45) is 13.0 Å². The largest absolute Gasteiger partial charge is 0.341 e. The summed E-state index contributed by atoms with van der Waals surface area (Å²) in [4.78, 5) is 21.1. The molecule has 7 heteroatoms. The maximum Gasteiger partial charge on any atom is 0.255 e. The number of aromatic nitrogens is 3. The van der Waals surface area contributed by atoms with Gasteiger partial charge in [0, 0.05) is 50.8 Å². The Morgan fingerprint density at radius 1 is 1.42 bits per heavy atom. The maximum atomic E-state index is 12.8. The predicted octanol–water partition coefficient (Wildman–Crippen LogP) is 3.01. The molecule has 2 aromatic heterocycles. The molecule has 0 N–H and O–H groups in total. The zero-order valence-corrected chi connectivity index (χ0v) is 16.4. The molecule has 26 heavy (non-hydrogen) atoms. The average molecular weight is 376 g/mol. The van der Waals surface area contributed by atoms with Gasteiger partial charge in [0.05, 0.1) is 16.8 Å². The van der Waals surface area contributed by atoms with Gasteiger partial charge in [-0.3, -0.25) is 19.4 Å². The molecule has 1 amide bonds. The summed E-state index contributed by atoms with van der Waals surface area (Å²) >= 11 is 6.15. The lowest BCUT2D eigenvalue weighted by Gasteiger charge is -2.42. The first-order valence-corrected chi connectivity index (χ1v) is 9.46. The van der Waals surface area contributed by atoms with Gasteiger partial charge in [-0.2, -0.15) is 5.10 Å². The smallest absolute Gasteiger partial charge is 0.255 e. The van der Waals surface area contributed by atoms with Crippen LogP contribution in [0.3, 0.4) is 0 Å². The van der Waals surface area contributed by atoms with E-state index in [9.17, 15) is 4.79 Å². The Hall–Kier alpha value is -1.92. The molecular formula is C19H26ClN5O. The number of carbonyl (C=O) groups excluding carboxylic acids is 1. The highest BCUT2D eigenvalue weighted by Gasteiger charge is 2.34. The van der Waals surface area contributed by atoms with Crippen molar-refractivity contribution in [2.45, 2.75) is 25.8 Å². The lowest BCUT2D eigenvalue weighted by Crippen LogP contribution is -2.43. The van der Waals surface area contributed by atoms with Gasteiger partial charge in [0.1, 0.15) is 0 Å². The fourth-order valence-electron chi connectivity index (χ4n) is 3.96. The molecule has 1 aliphatic heterocycles. The van der Waals surface area contributed by atoms with Crippen LogP contribution in [0.1, 0.15) is 41.7 Å². The summed E-state index contributed by atoms with van der Waals surface area (Å²) in [6, 6.07) is 1.96. The van der Waals surface area contributed by atoms with Crippen LogP contribution in [0.5, 0.6) is 0 Å². The molecule has 0 saturated carbocycles. The Morgan fingerprint density at radius 2 is 2.23 bits per heavy atom. The van der Waals surface area contributed by atoms with Crippen molar-refractivity contribution in [3.05, 3.63) is 47.0 Å². The Labute approximate surface area is 159 Å². The topological polar surface area (TPSA) is 54.3 Å². The summed E-state index contributed by atoms with van der Waals surface area (Å²) in [6.45, 7) is 4.95. The van der Waals surface area contributed by atoms with Gasteiger partial charge in [-0.1, -0.05) is 18.5 Å². The van der Waals surface area contributed by atoms with Crippen molar-refractivity contribution in [1.82, 2.24) is 24.6 Å².